The van der Waals surface area contributed by atoms with Gasteiger partial charge in [0.2, 0.25) is 0 Å². The van der Waals surface area contributed by atoms with Crippen molar-refractivity contribution in [3.8, 4) is 11.5 Å². The number of nitrogens with one attached hydrogen (secondary N) is 1. The molecule has 0 aliphatic rings. The molecule has 0 radical (unpaired) electrons. The maximum atomic E-state index is 12.0. The van der Waals surface area contributed by atoms with Crippen LogP contribution in [0.25, 0.3) is 0 Å². The number of hydrazone groups is 1. The average Bonchev–Trinajstić information content (AvgIpc) is 2.48. The lowest BCUT2D eigenvalue weighted by Crippen LogP contribution is -2.19. The molecule has 0 fully saturated rings. The highest BCUT2D eigenvalue weighted by Crippen LogP contribution is 2.32. The van der Waals surface area contributed by atoms with Crippen LogP contribution >= 0.6 is 31.9 Å². The first-order valence-electron chi connectivity index (χ1n) is 6.21. The molecule has 0 spiro atoms. The lowest BCUT2D eigenvalue weighted by Gasteiger charge is -2.08. The van der Waals surface area contributed by atoms with Crippen molar-refractivity contribution >= 4 is 43.5 Å². The van der Waals surface area contributed by atoms with Gasteiger partial charge in [0.1, 0.15) is 11.5 Å². The average molecular weight is 428 g/mol. The molecule has 0 atom stereocenters. The smallest absolute Gasteiger partial charge is 0.275 e. The van der Waals surface area contributed by atoms with Crippen molar-refractivity contribution in [3.63, 3.8) is 0 Å². The number of carbonyl (C=O) groups is 1. The monoisotopic (exact) mass is 426 g/mol. The molecule has 2 rings (SSSR count). The van der Waals surface area contributed by atoms with E-state index < -0.39 is 5.91 Å². The predicted molar refractivity (Wildman–Crippen MR) is 91.3 cm³/mol. The van der Waals surface area contributed by atoms with Crippen LogP contribution in [-0.4, -0.2) is 21.8 Å². The van der Waals surface area contributed by atoms with Gasteiger partial charge >= 0.3 is 0 Å². The molecule has 0 saturated heterocycles. The lowest BCUT2D eigenvalue weighted by atomic mass is 10.1. The summed E-state index contributed by atoms with van der Waals surface area (Å²) in [5.41, 5.74) is 3.37. The number of hydrogen-bond donors (Lipinski definition) is 3. The summed E-state index contributed by atoms with van der Waals surface area (Å²) in [6.45, 7) is 1.65. The molecule has 5 nitrogen and oxygen atoms in total. The first-order chi connectivity index (χ1) is 10.4. The second-order valence-electron chi connectivity index (χ2n) is 4.44. The summed E-state index contributed by atoms with van der Waals surface area (Å²) in [6.07, 6.45) is 0. The second kappa shape index (κ2) is 6.93. The highest BCUT2D eigenvalue weighted by molar-refractivity contribution is 9.11. The third kappa shape index (κ3) is 3.66. The number of benzene rings is 2. The Morgan fingerprint density at radius 2 is 1.82 bits per heavy atom. The van der Waals surface area contributed by atoms with Gasteiger partial charge in [0.05, 0.1) is 15.7 Å². The van der Waals surface area contributed by atoms with Crippen molar-refractivity contribution in [2.45, 2.75) is 6.92 Å². The molecule has 0 unspecified atom stereocenters. The van der Waals surface area contributed by atoms with E-state index in [2.05, 4.69) is 42.4 Å². The fourth-order valence-electron chi connectivity index (χ4n) is 1.76. The molecule has 0 saturated carbocycles. The number of para-hydroxylation sites is 1. The van der Waals surface area contributed by atoms with Gasteiger partial charge in [0.15, 0.2) is 0 Å². The Morgan fingerprint density at radius 3 is 2.50 bits per heavy atom. The van der Waals surface area contributed by atoms with Gasteiger partial charge < -0.3 is 10.2 Å². The molecule has 0 aliphatic heterocycles. The Morgan fingerprint density at radius 1 is 1.14 bits per heavy atom. The third-order valence-corrected chi connectivity index (χ3v) is 3.95. The van der Waals surface area contributed by atoms with Crippen LogP contribution in [-0.2, 0) is 0 Å². The Kier molecular flexibility index (Phi) is 5.20. The van der Waals surface area contributed by atoms with Crippen LogP contribution in [0.1, 0.15) is 22.8 Å². The van der Waals surface area contributed by atoms with Crippen LogP contribution in [0, 0.1) is 0 Å². The molecule has 3 N–H and O–H groups in total. The number of phenols is 2. The molecule has 0 aliphatic carbocycles. The first kappa shape index (κ1) is 16.5. The number of hydrogen-bond acceptors (Lipinski definition) is 4. The summed E-state index contributed by atoms with van der Waals surface area (Å²) < 4.78 is 1.27. The first-order valence-corrected chi connectivity index (χ1v) is 7.79. The van der Waals surface area contributed by atoms with Gasteiger partial charge in [0.25, 0.3) is 5.91 Å². The van der Waals surface area contributed by atoms with Crippen LogP contribution in [0.15, 0.2) is 50.4 Å². The molecule has 114 valence electrons. The van der Waals surface area contributed by atoms with Gasteiger partial charge in [-0.1, -0.05) is 28.1 Å². The summed E-state index contributed by atoms with van der Waals surface area (Å²) in [5, 5.41) is 23.6. The minimum atomic E-state index is -0.536. The number of nitrogens with zero attached hydrogens (tertiary/aromatic N) is 1. The Balaban J connectivity index is 2.24. The van der Waals surface area contributed by atoms with Gasteiger partial charge in [-0.25, -0.2) is 5.43 Å². The molecule has 2 aromatic carbocycles. The summed E-state index contributed by atoms with van der Waals surface area (Å²) in [6, 6.07) is 9.56. The van der Waals surface area contributed by atoms with Crippen molar-refractivity contribution in [2.24, 2.45) is 5.10 Å². The topological polar surface area (TPSA) is 81.9 Å². The predicted octanol–water partition coefficient (Wildman–Crippen LogP) is 3.78. The Labute approximate surface area is 143 Å². The zero-order chi connectivity index (χ0) is 16.3. The van der Waals surface area contributed by atoms with Gasteiger partial charge in [-0.15, -0.1) is 0 Å². The third-order valence-electron chi connectivity index (χ3n) is 2.89. The fourth-order valence-corrected chi connectivity index (χ4v) is 2.99. The van der Waals surface area contributed by atoms with E-state index in [9.17, 15) is 15.0 Å². The number of halogens is 2. The van der Waals surface area contributed by atoms with E-state index >= 15 is 0 Å². The summed E-state index contributed by atoms with van der Waals surface area (Å²) in [4.78, 5) is 12.0. The van der Waals surface area contributed by atoms with Gasteiger partial charge in [-0.3, -0.25) is 4.79 Å². The quantitative estimate of drug-likeness (QED) is 0.515. The van der Waals surface area contributed by atoms with E-state index in [1.165, 1.54) is 12.1 Å². The van der Waals surface area contributed by atoms with E-state index in [1.807, 2.05) is 0 Å². The van der Waals surface area contributed by atoms with Crippen molar-refractivity contribution < 1.29 is 15.0 Å². The van der Waals surface area contributed by atoms with E-state index in [1.54, 1.807) is 31.2 Å². The maximum Gasteiger partial charge on any atom is 0.275 e. The van der Waals surface area contributed by atoms with E-state index in [4.69, 9.17) is 0 Å². The summed E-state index contributed by atoms with van der Waals surface area (Å²) in [5.74, 6) is -0.631. The van der Waals surface area contributed by atoms with E-state index in [0.29, 0.717) is 15.7 Å². The molecule has 2 aromatic rings. The molecule has 1 amide bonds. The van der Waals surface area contributed by atoms with Crippen molar-refractivity contribution in [1.29, 1.82) is 0 Å². The molecule has 0 bridgehead atoms. The van der Waals surface area contributed by atoms with Gasteiger partial charge in [-0.2, -0.15) is 5.10 Å². The van der Waals surface area contributed by atoms with E-state index in [-0.39, 0.29) is 17.1 Å². The minimum Gasteiger partial charge on any atom is -0.507 e. The standard InChI is InChI=1S/C15H12Br2N2O3/c1-8(11-6-9(16)7-12(17)14(11)21)18-19-15(22)10-4-2-3-5-13(10)20/h2-7,20-21H,1H3,(H,19,22). The molecule has 7 heteroatoms. The number of carbonyl (C=O) groups excluding carboxylic acids is 1. The zero-order valence-electron chi connectivity index (χ0n) is 11.5. The highest BCUT2D eigenvalue weighted by Gasteiger charge is 2.12. The number of rotatable bonds is 3. The molecule has 0 aromatic heterocycles. The second-order valence-corrected chi connectivity index (χ2v) is 6.21. The van der Waals surface area contributed by atoms with Crippen LogP contribution in [0.2, 0.25) is 0 Å². The van der Waals surface area contributed by atoms with Crippen LogP contribution in [0.4, 0.5) is 0 Å². The van der Waals surface area contributed by atoms with Gasteiger partial charge in [0, 0.05) is 10.0 Å². The number of phenolic OH excluding ortho intramolecular Hbond substituents is 2. The van der Waals surface area contributed by atoms with Crippen LogP contribution in [0.3, 0.4) is 0 Å². The maximum absolute atomic E-state index is 12.0. The zero-order valence-corrected chi connectivity index (χ0v) is 14.6. The fraction of sp³-hybridized carbons (Fsp3) is 0.0667. The van der Waals surface area contributed by atoms with Crippen LogP contribution < -0.4 is 5.43 Å². The molecule has 22 heavy (non-hydrogen) atoms. The molecule has 0 heterocycles. The van der Waals surface area contributed by atoms with E-state index in [0.717, 1.165) is 4.47 Å². The number of aromatic hydroxyl groups is 2. The highest BCUT2D eigenvalue weighted by atomic mass is 79.9. The van der Waals surface area contributed by atoms with Gasteiger partial charge in [-0.05, 0) is 47.1 Å². The summed E-state index contributed by atoms with van der Waals surface area (Å²) in [7, 11) is 0. The normalized spacial score (nSPS) is 11.3. The van der Waals surface area contributed by atoms with Crippen molar-refractivity contribution in [3.05, 3.63) is 56.5 Å². The van der Waals surface area contributed by atoms with Crippen molar-refractivity contribution in [1.82, 2.24) is 5.43 Å². The minimum absolute atomic E-state index is 0.0289. The van der Waals surface area contributed by atoms with Crippen LogP contribution in [0.5, 0.6) is 11.5 Å². The molecular formula is C15H12Br2N2O3. The number of amides is 1. The Hall–Kier alpha value is -1.86. The lowest BCUT2D eigenvalue weighted by molar-refractivity contribution is 0.0952. The SMILES string of the molecule is CC(=NNC(=O)c1ccccc1O)c1cc(Br)cc(Br)c1O. The largest absolute Gasteiger partial charge is 0.507 e. The Bertz CT molecular complexity index is 760. The molecular weight excluding hydrogens is 416 g/mol. The summed E-state index contributed by atoms with van der Waals surface area (Å²) >= 11 is 6.56. The van der Waals surface area contributed by atoms with Crippen molar-refractivity contribution in [2.75, 3.05) is 0 Å².